The number of alkyl halides is 6. The van der Waals surface area contributed by atoms with Crippen molar-refractivity contribution < 1.29 is 58.9 Å². The Hall–Kier alpha value is -7.86. The van der Waals surface area contributed by atoms with Gasteiger partial charge in [-0.3, -0.25) is 0 Å². The predicted octanol–water partition coefficient (Wildman–Crippen LogP) is 14.5. The van der Waals surface area contributed by atoms with E-state index >= 15 is 26.3 Å². The minimum atomic E-state index is -5.27. The molecule has 0 aliphatic heterocycles. The Labute approximate surface area is 474 Å². The summed E-state index contributed by atoms with van der Waals surface area (Å²) < 4.78 is 125. The molecule has 0 atom stereocenters. The van der Waals surface area contributed by atoms with Gasteiger partial charge in [0.2, 0.25) is 0 Å². The Morgan fingerprint density at radius 1 is 0.390 bits per heavy atom. The van der Waals surface area contributed by atoms with Gasteiger partial charge in [0.25, 0.3) is 0 Å². The van der Waals surface area contributed by atoms with E-state index in [9.17, 15) is 9.59 Å². The van der Waals surface area contributed by atoms with E-state index in [1.807, 2.05) is 196 Å². The van der Waals surface area contributed by atoms with Crippen molar-refractivity contribution in [2.45, 2.75) is 51.4 Å². The summed E-state index contributed by atoms with van der Waals surface area (Å²) in [5, 5.41) is 3.50. The Morgan fingerprint density at radius 2 is 0.659 bits per heavy atom. The quantitative estimate of drug-likeness (QED) is 0.0289. The van der Waals surface area contributed by atoms with Crippen molar-refractivity contribution in [2.75, 3.05) is 13.2 Å². The molecule has 82 heavy (non-hydrogen) atoms. The SMILES string of the molecule is CCCOC(=O)c1ccc(CP(OB(Oc2cc(C(F)(F)F)cc(C(F)(F)F)c2)OP(Cc2ccc(C(=O)OCCC)cc2)(c2ccccc2)(c2ccccc2)c2ccccc2)(c2ccccc2)(c2ccccc2)c2ccccc2)cc1. The first-order valence-corrected chi connectivity index (χ1v) is 31.4. The fourth-order valence-corrected chi connectivity index (χ4v) is 22.0. The molecule has 0 aliphatic carbocycles. The molecule has 0 saturated heterocycles. The molecular formula is C66H59BF6O7P2. The molecule has 0 aliphatic rings. The van der Waals surface area contributed by atoms with Gasteiger partial charge in [-0.15, -0.1) is 0 Å². The van der Waals surface area contributed by atoms with Gasteiger partial charge in [-0.05, 0) is 0 Å². The van der Waals surface area contributed by atoms with E-state index in [-0.39, 0.29) is 42.7 Å². The molecule has 9 aromatic rings. The van der Waals surface area contributed by atoms with Gasteiger partial charge in [0, 0.05) is 0 Å². The fraction of sp³-hybridized carbons (Fsp3) is 0.152. The van der Waals surface area contributed by atoms with Gasteiger partial charge in [0.05, 0.1) is 0 Å². The van der Waals surface area contributed by atoms with Gasteiger partial charge < -0.3 is 0 Å². The summed E-state index contributed by atoms with van der Waals surface area (Å²) in [7, 11) is -2.23. The van der Waals surface area contributed by atoms with E-state index in [0.717, 1.165) is 0 Å². The van der Waals surface area contributed by atoms with Crippen LogP contribution < -0.4 is 36.5 Å². The zero-order valence-electron chi connectivity index (χ0n) is 45.0. The molecule has 9 rings (SSSR count). The normalized spacial score (nSPS) is 12.9. The van der Waals surface area contributed by atoms with Gasteiger partial charge in [0.1, 0.15) is 0 Å². The van der Waals surface area contributed by atoms with Crippen LogP contribution >= 0.6 is 13.7 Å². The molecule has 0 spiro atoms. The third-order valence-corrected chi connectivity index (χ3v) is 26.0. The fourth-order valence-electron chi connectivity index (χ4n) is 10.6. The van der Waals surface area contributed by atoms with E-state index in [0.29, 0.717) is 67.9 Å². The molecule has 0 radical (unpaired) electrons. The van der Waals surface area contributed by atoms with Crippen LogP contribution in [0.2, 0.25) is 0 Å². The summed E-state index contributed by atoms with van der Waals surface area (Å²) >= 11 is 0. The maximum absolute atomic E-state index is 15.1. The molecule has 0 unspecified atom stereocenters. The van der Waals surface area contributed by atoms with Crippen LogP contribution in [0.15, 0.2) is 249 Å². The number of esters is 2. The summed E-state index contributed by atoms with van der Waals surface area (Å²) in [6.07, 6.45) is -9.38. The first kappa shape index (κ1) is 58.8. The summed E-state index contributed by atoms with van der Waals surface area (Å²) in [6, 6.07) is 70.3. The molecule has 420 valence electrons. The van der Waals surface area contributed by atoms with Crippen LogP contribution in [-0.2, 0) is 43.0 Å². The van der Waals surface area contributed by atoms with Crippen molar-refractivity contribution in [3.05, 3.63) is 282 Å². The zero-order chi connectivity index (χ0) is 57.9. The second-order valence-corrected chi connectivity index (χ2v) is 28.8. The minimum absolute atomic E-state index is 0.0267. The molecule has 0 fully saturated rings. The first-order valence-electron chi connectivity index (χ1n) is 26.7. The number of carbonyl (C=O) groups excluding carboxylic acids is 2. The van der Waals surface area contributed by atoms with Crippen molar-refractivity contribution in [3.8, 4) is 5.75 Å². The standard InChI is InChI=1S/C66H59BF6O7P2/c1-3-43-76-63(74)52-39-35-50(36-40-52)48-81(57-23-11-5-12-24-57,58-25-13-6-14-26-58,59-27-15-7-16-28-59)79-67(78-56-46-54(65(68,69)70)45-55(47-56)66(71,72)73)80-82(60-29-17-8-18-30-60,61-31-19-9-20-32-61,62-33-21-10-22-34-62)49-51-37-41-53(42-38-51)64(75)77-44-4-2/h5-42,45-47H,3-4,43-44,48-49H2,1-2H3. The summed E-state index contributed by atoms with van der Waals surface area (Å²) in [6.45, 7) is -5.94. The molecule has 16 heteroatoms. The molecule has 0 heterocycles. The Bertz CT molecular complexity index is 3130. The molecule has 0 amide bonds. The molecule has 0 bridgehead atoms. The summed E-state index contributed by atoms with van der Waals surface area (Å²) in [5.74, 6) is -1.91. The van der Waals surface area contributed by atoms with Gasteiger partial charge in [-0.25, -0.2) is 0 Å². The van der Waals surface area contributed by atoms with Gasteiger partial charge in [-0.2, -0.15) is 0 Å². The Kier molecular flexibility index (Phi) is 17.7. The van der Waals surface area contributed by atoms with Crippen molar-refractivity contribution in [3.63, 3.8) is 0 Å². The Morgan fingerprint density at radius 3 is 0.902 bits per heavy atom. The van der Waals surface area contributed by atoms with Crippen LogP contribution in [0.25, 0.3) is 0 Å². The zero-order valence-corrected chi connectivity index (χ0v) is 46.8. The van der Waals surface area contributed by atoms with Crippen molar-refractivity contribution in [1.29, 1.82) is 0 Å². The second kappa shape index (κ2) is 24.7. The van der Waals surface area contributed by atoms with Crippen LogP contribution in [-0.4, -0.2) is 32.5 Å². The van der Waals surface area contributed by atoms with Crippen LogP contribution in [0.4, 0.5) is 26.3 Å². The van der Waals surface area contributed by atoms with Crippen LogP contribution in [0.1, 0.15) is 69.7 Å². The summed E-state index contributed by atoms with van der Waals surface area (Å²) in [4.78, 5) is 26.6. The third-order valence-electron chi connectivity index (χ3n) is 14.5. The maximum atomic E-state index is 15.1. The number of rotatable bonds is 22. The van der Waals surface area contributed by atoms with Gasteiger partial charge >= 0.3 is 476 Å². The molecule has 7 nitrogen and oxygen atoms in total. The predicted molar refractivity (Wildman–Crippen MR) is 317 cm³/mol. The van der Waals surface area contributed by atoms with E-state index in [1.54, 1.807) is 48.5 Å². The number of carbonyl (C=O) groups is 2. The molecule has 0 aromatic heterocycles. The van der Waals surface area contributed by atoms with Crippen LogP contribution in [0.5, 0.6) is 5.75 Å². The average Bonchev–Trinajstić information content (AvgIpc) is 0.855. The topological polar surface area (TPSA) is 80.3 Å². The number of ether oxygens (including phenoxy) is 2. The molecule has 0 N–H and O–H groups in total. The van der Waals surface area contributed by atoms with Crippen molar-refractivity contribution in [1.82, 2.24) is 0 Å². The van der Waals surface area contributed by atoms with Crippen LogP contribution in [0, 0.1) is 0 Å². The van der Waals surface area contributed by atoms with Crippen molar-refractivity contribution in [2.24, 2.45) is 0 Å². The molecule has 0 saturated carbocycles. The van der Waals surface area contributed by atoms with Gasteiger partial charge in [-0.1, -0.05) is 0 Å². The monoisotopic (exact) mass is 1150 g/mol. The van der Waals surface area contributed by atoms with E-state index < -0.39 is 62.1 Å². The van der Waals surface area contributed by atoms with Gasteiger partial charge in [0.15, 0.2) is 0 Å². The number of halogens is 6. The first-order chi connectivity index (χ1) is 39.5. The second-order valence-electron chi connectivity index (χ2n) is 19.8. The third kappa shape index (κ3) is 11.8. The van der Waals surface area contributed by atoms with E-state index in [2.05, 4.69) is 0 Å². The number of benzene rings is 9. The summed E-state index contributed by atoms with van der Waals surface area (Å²) in [5.41, 5.74) is -1.42. The Balaban J connectivity index is 1.43. The van der Waals surface area contributed by atoms with E-state index in [4.69, 9.17) is 23.0 Å². The molecule has 9 aromatic carbocycles. The molecular weight excluding hydrogens is 1090 g/mol. The van der Waals surface area contributed by atoms with E-state index in [1.165, 1.54) is 0 Å². The number of hydrogen-bond donors (Lipinski definition) is 0. The number of hydrogen-bond acceptors (Lipinski definition) is 7. The van der Waals surface area contributed by atoms with Crippen molar-refractivity contribution >= 4 is 64.7 Å². The van der Waals surface area contributed by atoms with Crippen LogP contribution in [0.3, 0.4) is 0 Å². The average molecular weight is 1150 g/mol.